The molecule has 0 aromatic heterocycles. The zero-order valence-corrected chi connectivity index (χ0v) is 14.0. The van der Waals surface area contributed by atoms with Crippen LogP contribution in [0.15, 0.2) is 0 Å². The lowest BCUT2D eigenvalue weighted by Gasteiger charge is -2.26. The van der Waals surface area contributed by atoms with E-state index in [2.05, 4.69) is 14.4 Å². The molecule has 0 atom stereocenters. The number of rotatable bonds is 8. The summed E-state index contributed by atoms with van der Waals surface area (Å²) < 4.78 is 28.0. The molecule has 0 radical (unpaired) electrons. The summed E-state index contributed by atoms with van der Waals surface area (Å²) >= 11 is 2.06. The van der Waals surface area contributed by atoms with Gasteiger partial charge in [-0.25, -0.2) is 4.79 Å². The van der Waals surface area contributed by atoms with Gasteiger partial charge in [0.05, 0.1) is 19.3 Å². The Morgan fingerprint density at radius 3 is 2.65 bits per heavy atom. The number of morpholine rings is 1. The van der Waals surface area contributed by atoms with Gasteiger partial charge in [-0.05, 0) is 32.6 Å². The molecule has 1 aliphatic rings. The minimum atomic E-state index is -0.658. The van der Waals surface area contributed by atoms with Gasteiger partial charge in [0.1, 0.15) is 8.85 Å². The lowest BCUT2D eigenvalue weighted by atomic mass is 10.4. The molecule has 5 nitrogen and oxygen atoms in total. The number of nitrogens with zero attached hydrogens (tertiary/aromatic N) is 1. The van der Waals surface area contributed by atoms with Gasteiger partial charge in [-0.3, -0.25) is 4.90 Å². The lowest BCUT2D eigenvalue weighted by Crippen LogP contribution is -2.36. The molecule has 7 heteroatoms. The lowest BCUT2D eigenvalue weighted by molar-refractivity contribution is 0.0380. The molecule has 1 heterocycles. The first-order valence-electron chi connectivity index (χ1n) is 7.71. The van der Waals surface area contributed by atoms with Crippen LogP contribution in [0.1, 0.15) is 20.3 Å². The van der Waals surface area contributed by atoms with Crippen LogP contribution in [0.4, 0.5) is 4.79 Å². The summed E-state index contributed by atoms with van der Waals surface area (Å²) in [5.41, 5.74) is 0. The molecule has 0 saturated carbocycles. The molecule has 0 unspecified atom stereocenters. The molecule has 1 aliphatic heterocycles. The minimum absolute atomic E-state index is 0.147. The summed E-state index contributed by atoms with van der Waals surface area (Å²) in [7, 11) is 0. The largest absolute Gasteiger partial charge is 0.508 e. The monoisotopic (exact) mass is 329 g/mol. The van der Waals surface area contributed by atoms with Crippen molar-refractivity contribution in [1.82, 2.24) is 4.90 Å². The Morgan fingerprint density at radius 2 is 2.05 bits per heavy atom. The van der Waals surface area contributed by atoms with E-state index in [1.165, 1.54) is 12.5 Å². The van der Waals surface area contributed by atoms with Gasteiger partial charge in [0.15, 0.2) is 0 Å². The Labute approximate surface area is 135 Å². The standard InChI is InChI=1S/C7H15NOS.C6H12O3S/c10-7-1-2-8-3-5-9-6-4-8;1-5(2)9-6(7)8-3-4-10/h10H,1-7H2;5,10H,3-4H2,1-2H3/i/hT2. The molecule has 20 heavy (non-hydrogen) atoms. The van der Waals surface area contributed by atoms with Crippen LogP contribution >= 0.6 is 25.1 Å². The second-order valence-corrected chi connectivity index (χ2v) is 5.30. The maximum absolute atomic E-state index is 10.6. The molecule has 0 N–H and O–H groups in total. The summed E-state index contributed by atoms with van der Waals surface area (Å²) in [6.45, 7) is 8.78. The maximum Gasteiger partial charge on any atom is 0.508 e. The van der Waals surface area contributed by atoms with E-state index in [9.17, 15) is 4.79 Å². The van der Waals surface area contributed by atoms with E-state index in [-0.39, 0.29) is 12.7 Å². The van der Waals surface area contributed by atoms with Crippen molar-refractivity contribution in [1.29, 1.82) is 2.25 Å². The van der Waals surface area contributed by atoms with Gasteiger partial charge in [-0.1, -0.05) is 0 Å². The number of thiol groups is 2. The molecule has 0 amide bonds. The summed E-state index contributed by atoms with van der Waals surface area (Å²) in [5.74, 6) is 1.44. The molecule has 0 aromatic carbocycles. The second-order valence-electron chi connectivity index (χ2n) is 4.48. The highest BCUT2D eigenvalue weighted by Crippen LogP contribution is 1.98. The van der Waals surface area contributed by atoms with Crippen LogP contribution in [0.5, 0.6) is 0 Å². The molecular formula is C13H27NO4S2. The maximum atomic E-state index is 10.6. The van der Waals surface area contributed by atoms with Crippen LogP contribution < -0.4 is 0 Å². The van der Waals surface area contributed by atoms with E-state index in [0.29, 0.717) is 5.75 Å². The third kappa shape index (κ3) is 12.9. The van der Waals surface area contributed by atoms with E-state index in [1.54, 1.807) is 13.8 Å². The number of hydrogen-bond acceptors (Lipinski definition) is 7. The predicted molar refractivity (Wildman–Crippen MR) is 87.2 cm³/mol. The average Bonchev–Trinajstić information content (AvgIpc) is 2.49. The number of carbonyl (C=O) groups is 1. The van der Waals surface area contributed by atoms with Crippen molar-refractivity contribution < 1.29 is 19.0 Å². The van der Waals surface area contributed by atoms with Crippen molar-refractivity contribution >= 4 is 31.2 Å². The summed E-state index contributed by atoms with van der Waals surface area (Å²) in [4.78, 5) is 13.0. The first-order valence-corrected chi connectivity index (χ1v) is 8.05. The zero-order valence-electron chi connectivity index (χ0n) is 14.3. The van der Waals surface area contributed by atoms with Crippen LogP contribution in [0.2, 0.25) is 0 Å². The molecule has 1 saturated heterocycles. The average molecular weight is 330 g/mol. The molecule has 0 aromatic rings. The van der Waals surface area contributed by atoms with Gasteiger partial charge >= 0.3 is 6.16 Å². The topological polar surface area (TPSA) is 48.0 Å². The normalized spacial score (nSPS) is 16.8. The number of carbonyl (C=O) groups excluding carboxylic acids is 1. The molecule has 120 valence electrons. The fraction of sp³-hybridized carbons (Fsp3) is 0.923. The van der Waals surface area contributed by atoms with Crippen LogP contribution in [-0.4, -0.2) is 70.4 Å². The van der Waals surface area contributed by atoms with Crippen LogP contribution in [0, 0.1) is 0 Å². The molecule has 0 aliphatic carbocycles. The SMILES string of the molecule is [3H]SCCCN1CCOCC1.[3H]SCCOC(=O)OC(C)C. The van der Waals surface area contributed by atoms with Crippen molar-refractivity contribution in [2.24, 2.45) is 0 Å². The highest BCUT2D eigenvalue weighted by Gasteiger charge is 2.08. The van der Waals surface area contributed by atoms with Crippen molar-refractivity contribution in [2.45, 2.75) is 26.4 Å². The quantitative estimate of drug-likeness (QED) is 0.406. The van der Waals surface area contributed by atoms with Gasteiger partial charge in [-0.15, -0.1) is 0 Å². The molecule has 0 bridgehead atoms. The van der Waals surface area contributed by atoms with Gasteiger partial charge in [0, 0.05) is 18.8 Å². The van der Waals surface area contributed by atoms with E-state index >= 15 is 0 Å². The van der Waals surface area contributed by atoms with Gasteiger partial charge in [-0.2, -0.15) is 25.1 Å². The number of hydrogen-bond donors (Lipinski definition) is 2. The van der Waals surface area contributed by atoms with Crippen LogP contribution in [0.25, 0.3) is 0 Å². The molecule has 1 fully saturated rings. The first kappa shape index (κ1) is 16.3. The van der Waals surface area contributed by atoms with E-state index < -0.39 is 6.16 Å². The van der Waals surface area contributed by atoms with Crippen LogP contribution in [0.3, 0.4) is 0 Å². The van der Waals surface area contributed by atoms with E-state index in [4.69, 9.17) is 6.98 Å². The zero-order chi connectivity index (χ0) is 16.6. The Kier molecular flexibility index (Phi) is 11.3. The van der Waals surface area contributed by atoms with Crippen molar-refractivity contribution in [3.05, 3.63) is 0 Å². The molecule has 0 spiro atoms. The Balaban J connectivity index is 0.000000401. The smallest absolute Gasteiger partial charge is 0.433 e. The van der Waals surface area contributed by atoms with Crippen LogP contribution in [-0.2, 0) is 14.2 Å². The third-order valence-corrected chi connectivity index (χ3v) is 2.81. The van der Waals surface area contributed by atoms with Crippen molar-refractivity contribution in [2.75, 3.05) is 51.0 Å². The van der Waals surface area contributed by atoms with E-state index in [0.717, 1.165) is 57.6 Å². The summed E-state index contributed by atoms with van der Waals surface area (Å²) in [5, 5.41) is 0. The Hall–Kier alpha value is -0.110. The highest BCUT2D eigenvalue weighted by molar-refractivity contribution is 7.80. The van der Waals surface area contributed by atoms with Gasteiger partial charge in [0.25, 0.3) is 0 Å². The Bertz CT molecular complexity index is 270. The molecular weight excluding hydrogens is 298 g/mol. The van der Waals surface area contributed by atoms with Gasteiger partial charge in [0.2, 0.25) is 0 Å². The van der Waals surface area contributed by atoms with Crippen molar-refractivity contribution in [3.63, 3.8) is 0 Å². The number of ether oxygens (including phenoxy) is 3. The fourth-order valence-corrected chi connectivity index (χ4v) is 1.68. The third-order valence-electron chi connectivity index (χ3n) is 2.36. The van der Waals surface area contributed by atoms with Gasteiger partial charge < -0.3 is 14.2 Å². The Morgan fingerprint density at radius 1 is 1.35 bits per heavy atom. The molecule has 1 rings (SSSR count). The first-order chi connectivity index (χ1) is 10.6. The summed E-state index contributed by atoms with van der Waals surface area (Å²) in [6.07, 6.45) is 0.328. The predicted octanol–water partition coefficient (Wildman–Crippen LogP) is 2.12. The van der Waals surface area contributed by atoms with Crippen molar-refractivity contribution in [3.8, 4) is 0 Å². The second kappa shape index (κ2) is 13.9. The highest BCUT2D eigenvalue weighted by atomic mass is 32.1. The van der Waals surface area contributed by atoms with E-state index in [1.807, 2.05) is 0 Å². The summed E-state index contributed by atoms with van der Waals surface area (Å²) in [6, 6.07) is 0. The fourth-order valence-electron chi connectivity index (χ4n) is 1.46. The minimum Gasteiger partial charge on any atom is -0.433 e.